The fourth-order valence-corrected chi connectivity index (χ4v) is 4.25. The van der Waals surface area contributed by atoms with Gasteiger partial charge in [0.2, 0.25) is 30.4 Å². The summed E-state index contributed by atoms with van der Waals surface area (Å²) in [7, 11) is 1.41. The van der Waals surface area contributed by atoms with Crippen molar-refractivity contribution < 1.29 is 43.0 Å². The summed E-state index contributed by atoms with van der Waals surface area (Å²) >= 11 is 0. The molecule has 2 rings (SSSR count). The number of nitrogens with zero attached hydrogens (tertiary/aromatic N) is 2. The number of hydrogen-bond acceptors (Lipinski definition) is 10. The summed E-state index contributed by atoms with van der Waals surface area (Å²) in [5.74, 6) is -5.13. The van der Waals surface area contributed by atoms with Gasteiger partial charge in [0.25, 0.3) is 5.91 Å². The van der Waals surface area contributed by atoms with Crippen LogP contribution >= 0.6 is 0 Å². The van der Waals surface area contributed by atoms with Crippen LogP contribution in [-0.2, 0) is 44.8 Å². The Morgan fingerprint density at radius 2 is 1.71 bits per heavy atom. The largest absolute Gasteiger partial charge is 0.428 e. The summed E-state index contributed by atoms with van der Waals surface area (Å²) in [6, 6.07) is 2.80. The molecule has 3 atom stereocenters. The lowest BCUT2D eigenvalue weighted by Gasteiger charge is -2.30. The van der Waals surface area contributed by atoms with E-state index in [0.717, 1.165) is 6.92 Å². The van der Waals surface area contributed by atoms with Gasteiger partial charge in [0.05, 0.1) is 13.0 Å². The van der Waals surface area contributed by atoms with Crippen LogP contribution in [0.3, 0.4) is 0 Å². The van der Waals surface area contributed by atoms with Gasteiger partial charge in [-0.05, 0) is 37.0 Å². The van der Waals surface area contributed by atoms with Crippen LogP contribution in [0.4, 0.5) is 0 Å². The normalized spacial score (nSPS) is 19.9. The number of rotatable bonds is 9. The summed E-state index contributed by atoms with van der Waals surface area (Å²) in [5.41, 5.74) is 11.5. The average molecular weight is 633 g/mol. The standard InChI is InChI=1S/C28H40N8O9/c1-4-19-27(43)36(3)21(9-6-10-31-28(29)30)26(42)33-14-22(38)34-20(12-23(39)45-15-44-16(2)37)25(41)32-13-17-7-5-8-18(11-17)24(40)35-19/h5,7-8,11,19-21H,4,6,9-10,12-15H2,1-3H3,(H,32,41)(H,33,42)(H,34,38)(H,35,40)(H4,29,30,31)/t19-,20+,21+/m1/s1. The summed E-state index contributed by atoms with van der Waals surface area (Å²) < 4.78 is 9.36. The Morgan fingerprint density at radius 1 is 1.00 bits per heavy atom. The van der Waals surface area contributed by atoms with Crippen molar-refractivity contribution in [1.82, 2.24) is 26.2 Å². The van der Waals surface area contributed by atoms with Gasteiger partial charge in [-0.1, -0.05) is 19.1 Å². The molecule has 0 saturated heterocycles. The molecule has 0 aromatic heterocycles. The molecule has 0 spiro atoms. The maximum atomic E-state index is 13.5. The highest BCUT2D eigenvalue weighted by Crippen LogP contribution is 2.12. The lowest BCUT2D eigenvalue weighted by atomic mass is 10.1. The molecule has 45 heavy (non-hydrogen) atoms. The highest BCUT2D eigenvalue weighted by atomic mass is 16.7. The molecule has 17 heteroatoms. The third kappa shape index (κ3) is 12.1. The fourth-order valence-electron chi connectivity index (χ4n) is 4.25. The fraction of sp³-hybridized carbons (Fsp3) is 0.500. The first-order chi connectivity index (χ1) is 21.3. The highest BCUT2D eigenvalue weighted by molar-refractivity contribution is 5.99. The Balaban J connectivity index is 2.38. The molecule has 1 aromatic carbocycles. The predicted octanol–water partition coefficient (Wildman–Crippen LogP) is -2.24. The quantitative estimate of drug-likeness (QED) is 0.0558. The van der Waals surface area contributed by atoms with E-state index >= 15 is 0 Å². The van der Waals surface area contributed by atoms with Gasteiger partial charge in [-0.15, -0.1) is 0 Å². The summed E-state index contributed by atoms with van der Waals surface area (Å²) in [4.78, 5) is 94.0. The first-order valence-electron chi connectivity index (χ1n) is 14.2. The lowest BCUT2D eigenvalue weighted by Crippen LogP contribution is -2.55. The van der Waals surface area contributed by atoms with Crippen LogP contribution in [0.1, 0.15) is 55.5 Å². The van der Waals surface area contributed by atoms with Gasteiger partial charge in [-0.2, -0.15) is 0 Å². The number of hydrogen-bond donors (Lipinski definition) is 6. The van der Waals surface area contributed by atoms with Crippen LogP contribution < -0.4 is 32.7 Å². The molecule has 0 radical (unpaired) electrons. The monoisotopic (exact) mass is 632 g/mol. The number of esters is 2. The summed E-state index contributed by atoms with van der Waals surface area (Å²) in [6.45, 7) is 1.62. The zero-order valence-corrected chi connectivity index (χ0v) is 25.4. The Morgan fingerprint density at radius 3 is 2.38 bits per heavy atom. The van der Waals surface area contributed by atoms with Gasteiger partial charge in [0.15, 0.2) is 5.96 Å². The van der Waals surface area contributed by atoms with Crippen LogP contribution in [0.5, 0.6) is 0 Å². The van der Waals surface area contributed by atoms with Crippen molar-refractivity contribution in [2.45, 2.75) is 64.2 Å². The van der Waals surface area contributed by atoms with Gasteiger partial charge < -0.3 is 47.1 Å². The second kappa shape index (κ2) is 17.8. The number of nitrogens with one attached hydrogen (secondary N) is 4. The number of likely N-dealkylation sites (N-methyl/N-ethyl adjacent to an activating group) is 1. The maximum Gasteiger partial charge on any atom is 0.311 e. The Hall–Kier alpha value is -5.22. The topological polar surface area (TPSA) is 254 Å². The number of fused-ring (bicyclic) bond motifs is 2. The molecule has 246 valence electrons. The smallest absolute Gasteiger partial charge is 0.311 e. The van der Waals surface area contributed by atoms with Crippen molar-refractivity contribution >= 4 is 47.4 Å². The number of benzene rings is 1. The first-order valence-corrected chi connectivity index (χ1v) is 14.2. The Kier molecular flexibility index (Phi) is 14.2. The van der Waals surface area contributed by atoms with Gasteiger partial charge in [0, 0.05) is 32.6 Å². The predicted molar refractivity (Wildman–Crippen MR) is 159 cm³/mol. The van der Waals surface area contributed by atoms with Crippen molar-refractivity contribution in [2.75, 3.05) is 26.9 Å². The van der Waals surface area contributed by atoms with Crippen molar-refractivity contribution in [3.63, 3.8) is 0 Å². The highest BCUT2D eigenvalue weighted by Gasteiger charge is 2.32. The minimum absolute atomic E-state index is 0.0774. The van der Waals surface area contributed by atoms with E-state index in [2.05, 4.69) is 31.0 Å². The zero-order valence-electron chi connectivity index (χ0n) is 25.4. The number of aliphatic imine (C=N–C) groups is 1. The van der Waals surface area contributed by atoms with Gasteiger partial charge >= 0.3 is 11.9 Å². The number of amides is 5. The van der Waals surface area contributed by atoms with Crippen LogP contribution in [0.25, 0.3) is 0 Å². The van der Waals surface area contributed by atoms with Gasteiger partial charge in [-0.3, -0.25) is 38.6 Å². The summed E-state index contributed by atoms with van der Waals surface area (Å²) in [5, 5.41) is 10.1. The SMILES string of the molecule is CC[C@H]1NC(=O)c2cccc(c2)CNC(=O)[C@H](CC(=O)OCOC(C)=O)NC(=O)CNC(=O)[C@H](CCCN=C(N)N)N(C)C1=O. The van der Waals surface area contributed by atoms with Crippen molar-refractivity contribution in [3.05, 3.63) is 35.4 Å². The van der Waals surface area contributed by atoms with Crippen LogP contribution in [0.2, 0.25) is 0 Å². The third-order valence-electron chi connectivity index (χ3n) is 6.64. The molecule has 1 heterocycles. The van der Waals surface area contributed by atoms with Gasteiger partial charge in [0.1, 0.15) is 18.1 Å². The zero-order chi connectivity index (χ0) is 33.5. The number of guanidine groups is 1. The third-order valence-corrected chi connectivity index (χ3v) is 6.64. The van der Waals surface area contributed by atoms with Crippen molar-refractivity contribution in [1.29, 1.82) is 0 Å². The molecule has 5 amide bonds. The molecule has 0 saturated carbocycles. The van der Waals surface area contributed by atoms with E-state index in [4.69, 9.17) is 16.2 Å². The van der Waals surface area contributed by atoms with Crippen molar-refractivity contribution in [3.8, 4) is 0 Å². The Labute approximate surface area is 259 Å². The van der Waals surface area contributed by atoms with E-state index in [1.54, 1.807) is 19.1 Å². The number of carbonyl (C=O) groups is 7. The van der Waals surface area contributed by atoms with E-state index in [1.807, 2.05) is 0 Å². The minimum Gasteiger partial charge on any atom is -0.428 e. The van der Waals surface area contributed by atoms with Crippen LogP contribution in [-0.4, -0.2) is 97.4 Å². The molecule has 8 N–H and O–H groups in total. The number of ether oxygens (including phenoxy) is 2. The molecule has 1 aromatic rings. The van der Waals surface area contributed by atoms with E-state index in [0.29, 0.717) is 12.0 Å². The summed E-state index contributed by atoms with van der Waals surface area (Å²) in [6.07, 6.45) is 0.00392. The number of nitrogens with two attached hydrogens (primary N) is 2. The van der Waals surface area contributed by atoms with E-state index < -0.39 is 79.4 Å². The first kappa shape index (κ1) is 36.0. The second-order valence-corrected chi connectivity index (χ2v) is 10.1. The van der Waals surface area contributed by atoms with Crippen LogP contribution in [0, 0.1) is 0 Å². The van der Waals surface area contributed by atoms with E-state index in [9.17, 15) is 33.6 Å². The lowest BCUT2D eigenvalue weighted by molar-refractivity contribution is -0.166. The Bertz CT molecular complexity index is 1300. The maximum absolute atomic E-state index is 13.5. The molecule has 0 aliphatic carbocycles. The molecule has 0 fully saturated rings. The second-order valence-electron chi connectivity index (χ2n) is 10.1. The molecule has 1 aliphatic rings. The molecule has 1 aliphatic heterocycles. The molecular formula is C28H40N8O9. The molecule has 17 nitrogen and oxygen atoms in total. The van der Waals surface area contributed by atoms with Crippen LogP contribution in [0.15, 0.2) is 29.3 Å². The minimum atomic E-state index is -1.44. The van der Waals surface area contributed by atoms with Crippen molar-refractivity contribution in [2.24, 2.45) is 16.5 Å². The molecule has 2 bridgehead atoms. The average Bonchev–Trinajstić information content (AvgIpc) is 2.99. The molecular weight excluding hydrogens is 592 g/mol. The number of carbonyl (C=O) groups excluding carboxylic acids is 7. The van der Waals surface area contributed by atoms with Gasteiger partial charge in [-0.25, -0.2) is 0 Å². The molecule has 0 unspecified atom stereocenters. The van der Waals surface area contributed by atoms with E-state index in [-0.39, 0.29) is 37.5 Å². The van der Waals surface area contributed by atoms with E-state index in [1.165, 1.54) is 24.1 Å².